The molecule has 2 heterocycles. The number of aromatic nitrogens is 1. The van der Waals surface area contributed by atoms with Crippen LogP contribution in [0.15, 0.2) is 83.3 Å². The summed E-state index contributed by atoms with van der Waals surface area (Å²) >= 11 is 0. The molecule has 0 spiro atoms. The molecule has 2 atom stereocenters. The van der Waals surface area contributed by atoms with Gasteiger partial charge < -0.3 is 15.1 Å². The third-order valence-electron chi connectivity index (χ3n) is 7.84. The van der Waals surface area contributed by atoms with Crippen LogP contribution >= 0.6 is 0 Å². The van der Waals surface area contributed by atoms with Crippen LogP contribution in [0.4, 0.5) is 0 Å². The molecule has 6 aromatic rings. The van der Waals surface area contributed by atoms with Crippen LogP contribution in [0, 0.1) is 6.07 Å². The van der Waals surface area contributed by atoms with Gasteiger partial charge >= 0.3 is 20.1 Å². The third-order valence-corrected chi connectivity index (χ3v) is 7.84. The molecule has 2 unspecified atom stereocenters. The molecule has 2 aromatic heterocycles. The molecule has 0 aliphatic carbocycles. The minimum absolute atomic E-state index is 0. The monoisotopic (exact) mass is 777 g/mol. The molecular formula is C40H46IrN3O. The number of furan rings is 1. The second-order valence-corrected chi connectivity index (χ2v) is 13.6. The van der Waals surface area contributed by atoms with Gasteiger partial charge in [0.05, 0.1) is 5.52 Å². The third kappa shape index (κ3) is 8.02. The predicted octanol–water partition coefficient (Wildman–Crippen LogP) is 11.8. The number of fused-ring (bicyclic) bond motifs is 6. The summed E-state index contributed by atoms with van der Waals surface area (Å²) in [7, 11) is 0. The molecule has 0 radical (unpaired) electrons. The van der Waals surface area contributed by atoms with Crippen LogP contribution in [0.2, 0.25) is 0 Å². The number of benzene rings is 4. The van der Waals surface area contributed by atoms with Crippen LogP contribution < -0.4 is 0 Å². The minimum atomic E-state index is -0.00210. The standard InChI is InChI=1S/C29H22NO.C11H24N2.Ir/c1-29(2,3)23-17-19(16-18-10-4-5-11-20(18)23)27-26-22-13-7-9-15-25(22)31-28(26)21-12-6-8-14-24(21)30-27;1-8(2)12-10(5)7-11(6)13-9(3)4;/h4-15,17H,1-3H3;8-11H,7H2,1-6H3;/q-1;-2;+3. The molecule has 0 aliphatic heterocycles. The van der Waals surface area contributed by atoms with E-state index in [2.05, 4.69) is 134 Å². The summed E-state index contributed by atoms with van der Waals surface area (Å²) in [6.45, 7) is 19.6. The first-order chi connectivity index (χ1) is 20.9. The first-order valence-electron chi connectivity index (χ1n) is 16.0. The van der Waals surface area contributed by atoms with E-state index in [-0.39, 0.29) is 25.5 Å². The Morgan fingerprint density at radius 2 is 1.29 bits per heavy atom. The van der Waals surface area contributed by atoms with E-state index >= 15 is 0 Å². The molecule has 0 saturated heterocycles. The Hall–Kier alpha value is -3.08. The predicted molar refractivity (Wildman–Crippen MR) is 190 cm³/mol. The Labute approximate surface area is 282 Å². The fraction of sp³-hybridized carbons (Fsp3) is 0.375. The van der Waals surface area contributed by atoms with Gasteiger partial charge in [-0.25, -0.2) is 0 Å². The topological polar surface area (TPSA) is 54.2 Å². The van der Waals surface area contributed by atoms with E-state index in [4.69, 9.17) is 9.40 Å². The first kappa shape index (κ1) is 34.8. The Morgan fingerprint density at radius 3 is 1.91 bits per heavy atom. The van der Waals surface area contributed by atoms with Crippen LogP contribution in [0.1, 0.15) is 74.3 Å². The van der Waals surface area contributed by atoms with Crippen LogP contribution in [-0.2, 0) is 25.5 Å². The van der Waals surface area contributed by atoms with Crippen molar-refractivity contribution in [3.63, 3.8) is 0 Å². The Kier molecular flexibility index (Phi) is 11.3. The van der Waals surface area contributed by atoms with E-state index in [0.29, 0.717) is 24.2 Å². The second kappa shape index (κ2) is 14.6. The average Bonchev–Trinajstić information content (AvgIpc) is 3.35. The summed E-state index contributed by atoms with van der Waals surface area (Å²) in [5, 5.41) is 14.7. The van der Waals surface area contributed by atoms with Gasteiger partial charge in [-0.3, -0.25) is 4.98 Å². The van der Waals surface area contributed by atoms with Gasteiger partial charge in [-0.2, -0.15) is 0 Å². The van der Waals surface area contributed by atoms with Gasteiger partial charge in [0.15, 0.2) is 0 Å². The number of hydrogen-bond donors (Lipinski definition) is 0. The molecule has 0 amide bonds. The zero-order valence-corrected chi connectivity index (χ0v) is 30.5. The largest absolute Gasteiger partial charge is 3.00 e. The summed E-state index contributed by atoms with van der Waals surface area (Å²) < 4.78 is 6.36. The normalized spacial score (nSPS) is 13.3. The molecule has 0 fully saturated rings. The molecule has 236 valence electrons. The SMILES string of the molecule is CC(C)(C)c1cc(-c2nc3ccccc3c3oc4ccccc4c23)[c-]c2ccccc12.CC(C)[N-]C(C)CC(C)[N-]C(C)C.[Ir+3]. The number of rotatable bonds is 7. The minimum Gasteiger partial charge on any atom is -0.657 e. The summed E-state index contributed by atoms with van der Waals surface area (Å²) in [6.07, 6.45) is 1.08. The van der Waals surface area contributed by atoms with Gasteiger partial charge in [-0.1, -0.05) is 128 Å². The van der Waals surface area contributed by atoms with Gasteiger partial charge in [0.25, 0.3) is 0 Å². The van der Waals surface area contributed by atoms with Gasteiger partial charge in [0.2, 0.25) is 0 Å². The summed E-state index contributed by atoms with van der Waals surface area (Å²) in [6, 6.07) is 32.6. The molecule has 0 bridgehead atoms. The Balaban J connectivity index is 0.000000283. The zero-order valence-electron chi connectivity index (χ0n) is 28.1. The van der Waals surface area contributed by atoms with E-state index in [9.17, 15) is 0 Å². The Morgan fingerprint density at radius 1 is 0.733 bits per heavy atom. The number of nitrogens with zero attached hydrogens (tertiary/aromatic N) is 3. The maximum Gasteiger partial charge on any atom is 3.00 e. The van der Waals surface area contributed by atoms with Crippen molar-refractivity contribution in [3.8, 4) is 11.3 Å². The number of hydrogen-bond acceptors (Lipinski definition) is 2. The molecule has 0 saturated carbocycles. The molecule has 45 heavy (non-hydrogen) atoms. The van der Waals surface area contributed by atoms with Crippen molar-refractivity contribution in [2.75, 3.05) is 0 Å². The van der Waals surface area contributed by atoms with Crippen LogP contribution in [0.3, 0.4) is 0 Å². The molecule has 4 aromatic carbocycles. The molecule has 5 heteroatoms. The van der Waals surface area contributed by atoms with Crippen molar-refractivity contribution in [2.24, 2.45) is 0 Å². The fourth-order valence-electron chi connectivity index (χ4n) is 6.22. The summed E-state index contributed by atoms with van der Waals surface area (Å²) in [5.41, 5.74) is 5.93. The van der Waals surface area contributed by atoms with Crippen molar-refractivity contribution in [1.82, 2.24) is 4.98 Å². The molecule has 6 rings (SSSR count). The average molecular weight is 777 g/mol. The Bertz CT molecular complexity index is 1870. The molecule has 0 N–H and O–H groups in total. The summed E-state index contributed by atoms with van der Waals surface area (Å²) in [5.74, 6) is 0. The van der Waals surface area contributed by atoms with Crippen LogP contribution in [-0.4, -0.2) is 29.2 Å². The maximum absolute atomic E-state index is 6.36. The van der Waals surface area contributed by atoms with E-state index in [1.165, 1.54) is 10.9 Å². The summed E-state index contributed by atoms with van der Waals surface area (Å²) in [4.78, 5) is 5.13. The van der Waals surface area contributed by atoms with Crippen molar-refractivity contribution in [1.29, 1.82) is 0 Å². The van der Waals surface area contributed by atoms with Gasteiger partial charge in [-0.15, -0.1) is 53.3 Å². The second-order valence-electron chi connectivity index (χ2n) is 13.6. The van der Waals surface area contributed by atoms with E-state index < -0.39 is 0 Å². The molecule has 0 aliphatic rings. The van der Waals surface area contributed by atoms with E-state index in [1.54, 1.807) is 0 Å². The van der Waals surface area contributed by atoms with Crippen LogP contribution in [0.5, 0.6) is 0 Å². The van der Waals surface area contributed by atoms with Crippen molar-refractivity contribution >= 4 is 43.6 Å². The van der Waals surface area contributed by atoms with Gasteiger partial charge in [-0.05, 0) is 23.6 Å². The first-order valence-corrected chi connectivity index (χ1v) is 16.0. The van der Waals surface area contributed by atoms with E-state index in [1.807, 2.05) is 24.3 Å². The van der Waals surface area contributed by atoms with Gasteiger partial charge in [0, 0.05) is 21.9 Å². The molecular weight excluding hydrogens is 731 g/mol. The molecule has 4 nitrogen and oxygen atoms in total. The number of para-hydroxylation sites is 2. The number of pyridine rings is 1. The zero-order chi connectivity index (χ0) is 31.6. The fourth-order valence-corrected chi connectivity index (χ4v) is 6.22. The van der Waals surface area contributed by atoms with Crippen molar-refractivity contribution in [2.45, 2.75) is 98.3 Å². The van der Waals surface area contributed by atoms with Crippen LogP contribution in [0.25, 0.3) is 65.5 Å². The van der Waals surface area contributed by atoms with Gasteiger partial charge in [0.1, 0.15) is 11.2 Å². The quantitative estimate of drug-likeness (QED) is 0.152. The smallest absolute Gasteiger partial charge is 0.657 e. The van der Waals surface area contributed by atoms with E-state index in [0.717, 1.165) is 55.9 Å². The van der Waals surface area contributed by atoms with Crippen molar-refractivity contribution in [3.05, 3.63) is 101 Å². The van der Waals surface area contributed by atoms with Crippen molar-refractivity contribution < 1.29 is 24.5 Å². The maximum atomic E-state index is 6.36.